The highest BCUT2D eigenvalue weighted by Gasteiger charge is 2.17. The average molecular weight is 709 g/mol. The first-order valence-electron chi connectivity index (χ1n) is 17.8. The average Bonchev–Trinajstić information content (AvgIpc) is 3.23. The number of benzene rings is 4. The lowest BCUT2D eigenvalue weighted by atomic mass is 9.98. The number of para-hydroxylation sites is 2. The van der Waals surface area contributed by atoms with E-state index in [1.165, 1.54) is 28.1 Å². The molecule has 0 aliphatic carbocycles. The molecule has 1 saturated heterocycles. The van der Waals surface area contributed by atoms with E-state index in [9.17, 15) is 10.1 Å². The molecular weight excluding hydrogens is 673 g/mol. The summed E-state index contributed by atoms with van der Waals surface area (Å²) in [6, 6.07) is 41.8. The number of anilines is 1. The fraction of sp³-hybridized carbons (Fsp3) is 0.111. The Morgan fingerprint density at radius 3 is 2.20 bits per heavy atom. The maximum absolute atomic E-state index is 11.2. The van der Waals surface area contributed by atoms with Crippen LogP contribution in [0.25, 0.3) is 67.2 Å². The van der Waals surface area contributed by atoms with Gasteiger partial charge in [-0.3, -0.25) is 15.1 Å². The van der Waals surface area contributed by atoms with Crippen molar-refractivity contribution in [2.24, 2.45) is 0 Å². The second kappa shape index (κ2) is 15.4. The Labute approximate surface area is 312 Å². The highest BCUT2D eigenvalue weighted by molar-refractivity contribution is 5.97. The Morgan fingerprint density at radius 1 is 0.685 bits per heavy atom. The van der Waals surface area contributed by atoms with E-state index in [2.05, 4.69) is 82.5 Å². The molecule has 54 heavy (non-hydrogen) atoms. The van der Waals surface area contributed by atoms with Gasteiger partial charge in [-0.15, -0.1) is 0 Å². The molecule has 4 aromatic carbocycles. The topological polar surface area (TPSA) is 107 Å². The Balaban J connectivity index is 0.000000160. The third-order valence-corrected chi connectivity index (χ3v) is 9.46. The van der Waals surface area contributed by atoms with Crippen molar-refractivity contribution in [1.29, 1.82) is 0 Å². The van der Waals surface area contributed by atoms with Crippen molar-refractivity contribution in [3.8, 4) is 22.4 Å². The highest BCUT2D eigenvalue weighted by atomic mass is 16.6. The Hall–Kier alpha value is -6.84. The number of hydrogen-bond acceptors (Lipinski definition) is 8. The van der Waals surface area contributed by atoms with E-state index >= 15 is 0 Å². The van der Waals surface area contributed by atoms with Crippen molar-refractivity contribution >= 4 is 56.4 Å². The van der Waals surface area contributed by atoms with Crippen LogP contribution in [0.3, 0.4) is 0 Å². The van der Waals surface area contributed by atoms with E-state index in [-0.39, 0.29) is 10.6 Å². The minimum atomic E-state index is -0.380. The molecule has 5 heterocycles. The van der Waals surface area contributed by atoms with Gasteiger partial charge in [0.05, 0.1) is 51.5 Å². The first-order chi connectivity index (χ1) is 26.5. The minimum Gasteiger partial charge on any atom is -0.378 e. The number of non-ortho nitro benzene ring substituents is 1. The summed E-state index contributed by atoms with van der Waals surface area (Å²) in [5.41, 5.74) is 10.1. The number of hydrogen-bond donors (Lipinski definition) is 0. The number of nitrogens with zero attached hydrogens (tertiary/aromatic N) is 6. The van der Waals surface area contributed by atoms with Crippen LogP contribution in [0.5, 0.6) is 0 Å². The number of morpholine rings is 1. The van der Waals surface area contributed by atoms with E-state index in [4.69, 9.17) is 14.7 Å². The van der Waals surface area contributed by atoms with E-state index in [0.717, 1.165) is 57.8 Å². The maximum atomic E-state index is 11.2. The summed E-state index contributed by atoms with van der Waals surface area (Å²) in [6.45, 7) is 5.07. The van der Waals surface area contributed by atoms with Crippen LogP contribution in [0.15, 0.2) is 140 Å². The van der Waals surface area contributed by atoms with Gasteiger partial charge < -0.3 is 9.64 Å². The molecule has 0 atom stereocenters. The van der Waals surface area contributed by atoms with Gasteiger partial charge in [0.2, 0.25) is 0 Å². The molecule has 1 aliphatic rings. The molecule has 0 bridgehead atoms. The summed E-state index contributed by atoms with van der Waals surface area (Å²) < 4.78 is 5.50. The van der Waals surface area contributed by atoms with Crippen LogP contribution in [-0.2, 0) is 4.74 Å². The lowest BCUT2D eigenvalue weighted by Gasteiger charge is -2.29. The highest BCUT2D eigenvalue weighted by Crippen LogP contribution is 2.32. The number of aryl methyl sites for hydroxylation is 1. The zero-order chi connectivity index (χ0) is 36.9. The van der Waals surface area contributed by atoms with E-state index < -0.39 is 0 Å². The summed E-state index contributed by atoms with van der Waals surface area (Å²) in [5.74, 6) is 0.926. The van der Waals surface area contributed by atoms with E-state index in [0.29, 0.717) is 24.1 Å². The number of pyridine rings is 4. The van der Waals surface area contributed by atoms with Crippen LogP contribution >= 0.6 is 0 Å². The molecule has 1 aliphatic heterocycles. The lowest BCUT2D eigenvalue weighted by Crippen LogP contribution is -2.37. The Morgan fingerprint density at radius 2 is 1.41 bits per heavy atom. The van der Waals surface area contributed by atoms with Gasteiger partial charge >= 0.3 is 0 Å². The second-order valence-electron chi connectivity index (χ2n) is 13.0. The summed E-state index contributed by atoms with van der Waals surface area (Å²) >= 11 is 0. The molecule has 1 fully saturated rings. The molecule has 4 aromatic heterocycles. The number of fused-ring (bicyclic) bond motifs is 3. The third kappa shape index (κ3) is 7.39. The van der Waals surface area contributed by atoms with Gasteiger partial charge in [-0.1, -0.05) is 72.3 Å². The van der Waals surface area contributed by atoms with Crippen molar-refractivity contribution in [2.75, 3.05) is 31.2 Å². The SMILES string of the molecule is Cc1ccc(-c2cc(-c3ccncc3)nc3ccccc23)cc1.O=[N+]([O-])c1cccc2nc(/C=C/c3cc4ccccc4nc3N3CCOCC3)ccc12. The fourth-order valence-corrected chi connectivity index (χ4v) is 6.67. The molecule has 0 saturated carbocycles. The first-order valence-corrected chi connectivity index (χ1v) is 17.8. The molecule has 8 aromatic rings. The molecule has 9 nitrogen and oxygen atoms in total. The zero-order valence-electron chi connectivity index (χ0n) is 29.7. The van der Waals surface area contributed by atoms with Gasteiger partial charge in [0.15, 0.2) is 0 Å². The smallest absolute Gasteiger partial charge is 0.278 e. The van der Waals surface area contributed by atoms with Gasteiger partial charge in [0, 0.05) is 53.4 Å². The van der Waals surface area contributed by atoms with Crippen LogP contribution < -0.4 is 4.90 Å². The van der Waals surface area contributed by atoms with Crippen LogP contribution in [0.1, 0.15) is 16.8 Å². The first kappa shape index (κ1) is 34.3. The fourth-order valence-electron chi connectivity index (χ4n) is 6.67. The van der Waals surface area contributed by atoms with Crippen LogP contribution in [-0.4, -0.2) is 51.2 Å². The van der Waals surface area contributed by atoms with Crippen LogP contribution in [0, 0.1) is 17.0 Å². The van der Waals surface area contributed by atoms with Crippen molar-refractivity contribution in [1.82, 2.24) is 19.9 Å². The van der Waals surface area contributed by atoms with Crippen molar-refractivity contribution < 1.29 is 9.66 Å². The van der Waals surface area contributed by atoms with Gasteiger partial charge in [-0.25, -0.2) is 15.0 Å². The monoisotopic (exact) mass is 708 g/mol. The molecule has 0 amide bonds. The molecule has 0 unspecified atom stereocenters. The van der Waals surface area contributed by atoms with E-state index in [1.54, 1.807) is 36.7 Å². The summed E-state index contributed by atoms with van der Waals surface area (Å²) in [7, 11) is 0. The molecule has 0 spiro atoms. The quantitative estimate of drug-likeness (QED) is 0.124. The molecular formula is C45H36N6O3. The van der Waals surface area contributed by atoms with Crippen LogP contribution in [0.4, 0.5) is 11.5 Å². The number of aromatic nitrogens is 4. The molecule has 0 N–H and O–H groups in total. The standard InChI is InChI=1S/C24H20N4O3.C21H16N2/c29-28(30)23-7-3-6-22-20(23)11-10-19(25-22)9-8-18-16-17-4-1-2-5-21(17)26-24(18)27-12-14-31-15-13-27;1-15-6-8-16(9-7-15)19-14-21(17-10-12-22-13-11-17)23-20-5-3-2-4-18(19)20/h1-11,16H,12-15H2;2-14H,1H3/b9-8+;. The molecule has 9 rings (SSSR count). The summed E-state index contributed by atoms with van der Waals surface area (Å²) in [6.07, 6.45) is 7.54. The second-order valence-corrected chi connectivity index (χ2v) is 13.0. The van der Waals surface area contributed by atoms with Gasteiger partial charge in [0.1, 0.15) is 5.82 Å². The third-order valence-electron chi connectivity index (χ3n) is 9.46. The summed E-state index contributed by atoms with van der Waals surface area (Å²) in [4.78, 5) is 31.5. The van der Waals surface area contributed by atoms with E-state index in [1.807, 2.05) is 48.6 Å². The van der Waals surface area contributed by atoms with Crippen molar-refractivity contribution in [3.05, 3.63) is 167 Å². The Bertz CT molecular complexity index is 2640. The molecule has 0 radical (unpaired) electrons. The van der Waals surface area contributed by atoms with Crippen LogP contribution in [0.2, 0.25) is 0 Å². The molecule has 9 heteroatoms. The number of rotatable bonds is 6. The van der Waals surface area contributed by atoms with Crippen molar-refractivity contribution in [3.63, 3.8) is 0 Å². The zero-order valence-corrected chi connectivity index (χ0v) is 29.7. The predicted molar refractivity (Wildman–Crippen MR) is 217 cm³/mol. The largest absolute Gasteiger partial charge is 0.378 e. The van der Waals surface area contributed by atoms with Gasteiger partial charge in [0.25, 0.3) is 5.69 Å². The number of nitro benzene ring substituents is 1. The Kier molecular flexibility index (Phi) is 9.78. The number of ether oxygens (including phenoxy) is 1. The van der Waals surface area contributed by atoms with Crippen molar-refractivity contribution in [2.45, 2.75) is 6.92 Å². The predicted octanol–water partition coefficient (Wildman–Crippen LogP) is 9.97. The van der Waals surface area contributed by atoms with Gasteiger partial charge in [-0.05, 0) is 84.8 Å². The maximum Gasteiger partial charge on any atom is 0.278 e. The minimum absolute atomic E-state index is 0.0638. The van der Waals surface area contributed by atoms with Gasteiger partial charge in [-0.2, -0.15) is 0 Å². The normalized spacial score (nSPS) is 12.9. The molecule has 264 valence electrons. The number of nitro groups is 1. The lowest BCUT2D eigenvalue weighted by molar-refractivity contribution is -0.383. The summed E-state index contributed by atoms with van der Waals surface area (Å²) in [5, 5.41) is 14.0.